The van der Waals surface area contributed by atoms with Gasteiger partial charge in [0.25, 0.3) is 0 Å². The number of aliphatic hydroxyl groups is 1. The second-order valence-electron chi connectivity index (χ2n) is 6.06. The van der Waals surface area contributed by atoms with Crippen LogP contribution < -0.4 is 5.32 Å². The fraction of sp³-hybridized carbons (Fsp3) is 0.812. The van der Waals surface area contributed by atoms with Crippen molar-refractivity contribution >= 4 is 5.91 Å². The number of terminal acetylenes is 1. The Morgan fingerprint density at radius 2 is 2.20 bits per heavy atom. The quantitative estimate of drug-likeness (QED) is 0.758. The molecule has 4 atom stereocenters. The number of nitrogens with zero attached hydrogens (tertiary/aromatic N) is 1. The Morgan fingerprint density at radius 1 is 1.40 bits per heavy atom. The zero-order valence-electron chi connectivity index (χ0n) is 12.3. The van der Waals surface area contributed by atoms with Crippen molar-refractivity contribution in [1.82, 2.24) is 10.2 Å². The van der Waals surface area contributed by atoms with Crippen LogP contribution in [0.5, 0.6) is 0 Å². The maximum atomic E-state index is 12.1. The molecule has 2 N–H and O–H groups in total. The lowest BCUT2D eigenvalue weighted by atomic mass is 9.86. The molecule has 0 radical (unpaired) electrons. The van der Waals surface area contributed by atoms with Crippen LogP contribution in [-0.4, -0.2) is 47.2 Å². The normalized spacial score (nSPS) is 32.5. The van der Waals surface area contributed by atoms with Gasteiger partial charge in [-0.25, -0.2) is 0 Å². The van der Waals surface area contributed by atoms with E-state index in [9.17, 15) is 9.90 Å². The summed E-state index contributed by atoms with van der Waals surface area (Å²) in [6.45, 7) is 3.18. The number of carbonyl (C=O) groups excluding carboxylic acids is 1. The molecule has 1 aliphatic carbocycles. The lowest BCUT2D eigenvalue weighted by Crippen LogP contribution is -2.55. The lowest BCUT2D eigenvalue weighted by molar-refractivity contribution is -0.128. The van der Waals surface area contributed by atoms with Crippen LogP contribution in [0.1, 0.15) is 45.4 Å². The molecule has 4 heteroatoms. The molecule has 1 saturated carbocycles. The Hall–Kier alpha value is -1.05. The monoisotopic (exact) mass is 278 g/mol. The Labute approximate surface area is 121 Å². The first-order valence-corrected chi connectivity index (χ1v) is 7.80. The predicted octanol–water partition coefficient (Wildman–Crippen LogP) is 1.14. The van der Waals surface area contributed by atoms with Crippen LogP contribution in [0.15, 0.2) is 0 Å². The molecule has 2 fully saturated rings. The Balaban J connectivity index is 2.02. The third-order valence-corrected chi connectivity index (χ3v) is 4.86. The van der Waals surface area contributed by atoms with Crippen LogP contribution in [0.2, 0.25) is 0 Å². The van der Waals surface area contributed by atoms with Crippen LogP contribution >= 0.6 is 0 Å². The summed E-state index contributed by atoms with van der Waals surface area (Å²) in [5.41, 5.74) is 0. The van der Waals surface area contributed by atoms with Gasteiger partial charge in [0.05, 0.1) is 18.7 Å². The van der Waals surface area contributed by atoms with E-state index < -0.39 is 0 Å². The molecule has 1 saturated heterocycles. The molecule has 0 aromatic rings. The predicted molar refractivity (Wildman–Crippen MR) is 79.0 cm³/mol. The van der Waals surface area contributed by atoms with Crippen molar-refractivity contribution in [3.63, 3.8) is 0 Å². The van der Waals surface area contributed by atoms with Gasteiger partial charge in [0, 0.05) is 12.0 Å². The van der Waals surface area contributed by atoms with Crippen LogP contribution in [0.25, 0.3) is 0 Å². The number of amides is 1. The molecular formula is C16H26N2O2. The van der Waals surface area contributed by atoms with Crippen molar-refractivity contribution in [3.05, 3.63) is 0 Å². The molecule has 1 aliphatic heterocycles. The number of rotatable bonds is 4. The molecule has 4 nitrogen and oxygen atoms in total. The average molecular weight is 278 g/mol. The van der Waals surface area contributed by atoms with E-state index in [1.165, 1.54) is 6.42 Å². The minimum Gasteiger partial charge on any atom is -0.393 e. The van der Waals surface area contributed by atoms with Gasteiger partial charge in [0.1, 0.15) is 0 Å². The van der Waals surface area contributed by atoms with Crippen LogP contribution in [-0.2, 0) is 4.79 Å². The molecule has 0 spiro atoms. The maximum absolute atomic E-state index is 12.1. The Morgan fingerprint density at radius 3 is 2.85 bits per heavy atom. The molecule has 0 bridgehead atoms. The number of hydrogen-bond donors (Lipinski definition) is 2. The van der Waals surface area contributed by atoms with Crippen molar-refractivity contribution < 1.29 is 9.90 Å². The summed E-state index contributed by atoms with van der Waals surface area (Å²) < 4.78 is 0. The highest BCUT2D eigenvalue weighted by Crippen LogP contribution is 2.35. The van der Waals surface area contributed by atoms with Crippen molar-refractivity contribution in [3.8, 4) is 12.3 Å². The zero-order valence-corrected chi connectivity index (χ0v) is 12.3. The lowest BCUT2D eigenvalue weighted by Gasteiger charge is -2.43. The molecule has 20 heavy (non-hydrogen) atoms. The fourth-order valence-corrected chi connectivity index (χ4v) is 3.77. The highest BCUT2D eigenvalue weighted by Gasteiger charge is 2.39. The van der Waals surface area contributed by atoms with Gasteiger partial charge in [0.2, 0.25) is 5.91 Å². The number of hydrogen-bond acceptors (Lipinski definition) is 3. The minimum absolute atomic E-state index is 0.00216. The molecule has 2 aliphatic rings. The molecule has 0 aromatic carbocycles. The first-order chi connectivity index (χ1) is 9.65. The van der Waals surface area contributed by atoms with Crippen molar-refractivity contribution in [2.75, 3.05) is 13.1 Å². The van der Waals surface area contributed by atoms with Gasteiger partial charge in [0.15, 0.2) is 0 Å². The topological polar surface area (TPSA) is 52.6 Å². The van der Waals surface area contributed by atoms with Crippen molar-refractivity contribution in [1.29, 1.82) is 0 Å². The van der Waals surface area contributed by atoms with E-state index in [4.69, 9.17) is 6.42 Å². The van der Waals surface area contributed by atoms with Gasteiger partial charge in [-0.05, 0) is 39.2 Å². The molecule has 1 amide bonds. The highest BCUT2D eigenvalue weighted by molar-refractivity contribution is 5.81. The third-order valence-electron chi connectivity index (χ3n) is 4.86. The standard InChI is InChI=1S/C16H26N2O2/c1-3-10-17-16(20)12(2)18-11-5-4-8-14(18)13-7-6-9-15(13)19/h1,12-15,19H,4-11H2,2H3,(H,17,20). The largest absolute Gasteiger partial charge is 0.393 e. The van der Waals surface area contributed by atoms with E-state index in [0.717, 1.165) is 38.6 Å². The van der Waals surface area contributed by atoms with Crippen molar-refractivity contribution in [2.24, 2.45) is 5.92 Å². The van der Waals surface area contributed by atoms with Gasteiger partial charge >= 0.3 is 0 Å². The van der Waals surface area contributed by atoms with E-state index >= 15 is 0 Å². The van der Waals surface area contributed by atoms with Gasteiger partial charge in [-0.1, -0.05) is 18.8 Å². The number of carbonyl (C=O) groups is 1. The van der Waals surface area contributed by atoms with E-state index in [2.05, 4.69) is 16.1 Å². The minimum atomic E-state index is -0.193. The summed E-state index contributed by atoms with van der Waals surface area (Å²) in [5, 5.41) is 12.9. The summed E-state index contributed by atoms with van der Waals surface area (Å²) >= 11 is 0. The summed E-state index contributed by atoms with van der Waals surface area (Å²) in [7, 11) is 0. The first-order valence-electron chi connectivity index (χ1n) is 7.80. The van der Waals surface area contributed by atoms with Gasteiger partial charge < -0.3 is 10.4 Å². The average Bonchev–Trinajstić information content (AvgIpc) is 2.90. The van der Waals surface area contributed by atoms with E-state index in [1.807, 2.05) is 6.92 Å². The second kappa shape index (κ2) is 7.10. The number of likely N-dealkylation sites (tertiary alicyclic amines) is 1. The van der Waals surface area contributed by atoms with E-state index in [0.29, 0.717) is 12.0 Å². The fourth-order valence-electron chi connectivity index (χ4n) is 3.77. The number of aliphatic hydroxyl groups excluding tert-OH is 1. The number of piperidine rings is 1. The zero-order chi connectivity index (χ0) is 14.5. The summed E-state index contributed by atoms with van der Waals surface area (Å²) in [6, 6.07) is 0.175. The molecule has 1 heterocycles. The molecule has 0 aromatic heterocycles. The molecule has 2 rings (SSSR count). The van der Waals surface area contributed by atoms with Crippen LogP contribution in [0.3, 0.4) is 0 Å². The van der Waals surface area contributed by atoms with Crippen LogP contribution in [0.4, 0.5) is 0 Å². The molecular weight excluding hydrogens is 252 g/mol. The smallest absolute Gasteiger partial charge is 0.237 e. The van der Waals surface area contributed by atoms with Gasteiger partial charge in [-0.15, -0.1) is 6.42 Å². The van der Waals surface area contributed by atoms with Gasteiger partial charge in [-0.3, -0.25) is 9.69 Å². The maximum Gasteiger partial charge on any atom is 0.237 e. The molecule has 4 unspecified atom stereocenters. The first kappa shape index (κ1) is 15.3. The third kappa shape index (κ3) is 3.34. The summed E-state index contributed by atoms with van der Waals surface area (Å²) in [6.07, 6.45) is 11.5. The Kier molecular flexibility index (Phi) is 5.45. The summed E-state index contributed by atoms with van der Waals surface area (Å²) in [4.78, 5) is 14.4. The van der Waals surface area contributed by atoms with Crippen molar-refractivity contribution in [2.45, 2.75) is 63.6 Å². The van der Waals surface area contributed by atoms with Crippen LogP contribution in [0, 0.1) is 18.3 Å². The summed E-state index contributed by atoms with van der Waals surface area (Å²) in [5.74, 6) is 2.77. The number of nitrogens with one attached hydrogen (secondary N) is 1. The second-order valence-corrected chi connectivity index (χ2v) is 6.06. The molecule has 112 valence electrons. The van der Waals surface area contributed by atoms with E-state index in [-0.39, 0.29) is 24.6 Å². The van der Waals surface area contributed by atoms with Gasteiger partial charge in [-0.2, -0.15) is 0 Å². The Bertz CT molecular complexity index is 377. The van der Waals surface area contributed by atoms with E-state index in [1.54, 1.807) is 0 Å². The SMILES string of the molecule is C#CCNC(=O)C(C)N1CCCCC1C1CCCC1O. The highest BCUT2D eigenvalue weighted by atomic mass is 16.3.